The van der Waals surface area contributed by atoms with Crippen LogP contribution in [0.3, 0.4) is 0 Å². The molecule has 0 amide bonds. The van der Waals surface area contributed by atoms with Gasteiger partial charge in [0.05, 0.1) is 6.04 Å². The van der Waals surface area contributed by atoms with Crippen molar-refractivity contribution in [2.24, 2.45) is 5.73 Å². The Hall–Kier alpha value is -1.88. The molecular formula is C12H15NO4. The molecule has 5 heteroatoms. The van der Waals surface area contributed by atoms with Crippen LogP contribution < -0.4 is 10.5 Å². The summed E-state index contributed by atoms with van der Waals surface area (Å²) in [6, 6.07) is 6.34. The van der Waals surface area contributed by atoms with Gasteiger partial charge in [-0.15, -0.1) is 0 Å². The van der Waals surface area contributed by atoms with E-state index in [2.05, 4.69) is 0 Å². The second-order valence-corrected chi connectivity index (χ2v) is 3.75. The van der Waals surface area contributed by atoms with Crippen molar-refractivity contribution < 1.29 is 19.4 Å². The monoisotopic (exact) mass is 237 g/mol. The maximum atomic E-state index is 11.0. The van der Waals surface area contributed by atoms with Crippen LogP contribution in [0.5, 0.6) is 5.75 Å². The maximum absolute atomic E-state index is 11.0. The van der Waals surface area contributed by atoms with Crippen LogP contribution in [0.25, 0.3) is 0 Å². The molecular weight excluding hydrogens is 222 g/mol. The van der Waals surface area contributed by atoms with E-state index in [1.165, 1.54) is 6.92 Å². The Morgan fingerprint density at radius 3 is 2.41 bits per heavy atom. The molecule has 5 nitrogen and oxygen atoms in total. The van der Waals surface area contributed by atoms with Crippen LogP contribution in [0.15, 0.2) is 24.3 Å². The molecule has 0 heterocycles. The lowest BCUT2D eigenvalue weighted by Gasteiger charge is -2.08. The first-order valence-electron chi connectivity index (χ1n) is 5.18. The highest BCUT2D eigenvalue weighted by atomic mass is 16.5. The number of nitrogens with two attached hydrogens (primary N) is 1. The number of hydrogen-bond acceptors (Lipinski definition) is 4. The van der Waals surface area contributed by atoms with Crippen LogP contribution in [0.1, 0.15) is 12.5 Å². The van der Waals surface area contributed by atoms with Gasteiger partial charge >= 0.3 is 5.97 Å². The second kappa shape index (κ2) is 6.00. The summed E-state index contributed by atoms with van der Waals surface area (Å²) in [5, 5.41) is 8.43. The highest BCUT2D eigenvalue weighted by Crippen LogP contribution is 2.13. The predicted octanol–water partition coefficient (Wildman–Crippen LogP) is 0.609. The van der Waals surface area contributed by atoms with E-state index in [1.807, 2.05) is 0 Å². The zero-order valence-electron chi connectivity index (χ0n) is 9.55. The number of carboxylic acid groups (broad SMARTS) is 1. The van der Waals surface area contributed by atoms with Crippen molar-refractivity contribution >= 4 is 11.8 Å². The minimum atomic E-state index is -1.02. The van der Waals surface area contributed by atoms with Gasteiger partial charge in [0.25, 0.3) is 0 Å². The smallest absolute Gasteiger partial charge is 0.341 e. The van der Waals surface area contributed by atoms with E-state index in [9.17, 15) is 9.59 Å². The van der Waals surface area contributed by atoms with E-state index in [4.69, 9.17) is 15.6 Å². The molecule has 0 saturated carbocycles. The van der Waals surface area contributed by atoms with E-state index in [-0.39, 0.29) is 12.4 Å². The largest absolute Gasteiger partial charge is 0.482 e. The first-order chi connectivity index (χ1) is 7.99. The lowest BCUT2D eigenvalue weighted by Crippen LogP contribution is -2.30. The molecule has 0 fully saturated rings. The van der Waals surface area contributed by atoms with Crippen LogP contribution in [-0.2, 0) is 16.0 Å². The number of benzene rings is 1. The molecule has 3 N–H and O–H groups in total. The van der Waals surface area contributed by atoms with Gasteiger partial charge in [-0.25, -0.2) is 4.79 Å². The van der Waals surface area contributed by atoms with Crippen molar-refractivity contribution in [2.45, 2.75) is 19.4 Å². The average molecular weight is 237 g/mol. The number of aliphatic carboxylic acids is 1. The third kappa shape index (κ3) is 4.65. The quantitative estimate of drug-likeness (QED) is 0.756. The SMILES string of the molecule is CC(=O)[C@@H](N)Cc1ccc(OCC(=O)O)cc1. The fraction of sp³-hybridized carbons (Fsp3) is 0.333. The lowest BCUT2D eigenvalue weighted by molar-refractivity contribution is -0.139. The molecule has 1 atom stereocenters. The molecule has 1 aromatic carbocycles. The normalized spacial score (nSPS) is 11.9. The molecule has 0 aliphatic heterocycles. The molecule has 0 saturated heterocycles. The number of rotatable bonds is 6. The van der Waals surface area contributed by atoms with Crippen molar-refractivity contribution in [3.05, 3.63) is 29.8 Å². The van der Waals surface area contributed by atoms with Gasteiger partial charge in [0, 0.05) is 0 Å². The summed E-state index contributed by atoms with van der Waals surface area (Å²) in [5.41, 5.74) is 6.54. The first-order valence-corrected chi connectivity index (χ1v) is 5.18. The Balaban J connectivity index is 2.55. The van der Waals surface area contributed by atoms with E-state index in [0.29, 0.717) is 12.2 Å². The van der Waals surface area contributed by atoms with Gasteiger partial charge in [-0.3, -0.25) is 4.79 Å². The zero-order valence-corrected chi connectivity index (χ0v) is 9.55. The molecule has 1 rings (SSSR count). The Bertz CT molecular complexity index is 399. The van der Waals surface area contributed by atoms with Crippen molar-refractivity contribution in [2.75, 3.05) is 6.61 Å². The van der Waals surface area contributed by atoms with Crippen molar-refractivity contribution in [1.29, 1.82) is 0 Å². The van der Waals surface area contributed by atoms with Gasteiger partial charge in [0.2, 0.25) is 0 Å². The maximum Gasteiger partial charge on any atom is 0.341 e. The molecule has 0 spiro atoms. The number of Topliss-reactive ketones (excluding diaryl/α,β-unsaturated/α-hetero) is 1. The van der Waals surface area contributed by atoms with Gasteiger partial charge in [-0.05, 0) is 31.0 Å². The minimum absolute atomic E-state index is 0.0591. The van der Waals surface area contributed by atoms with E-state index < -0.39 is 12.0 Å². The molecule has 0 bridgehead atoms. The highest BCUT2D eigenvalue weighted by Gasteiger charge is 2.08. The number of ketones is 1. The fourth-order valence-electron chi connectivity index (χ4n) is 1.26. The Morgan fingerprint density at radius 2 is 1.94 bits per heavy atom. The minimum Gasteiger partial charge on any atom is -0.482 e. The number of ether oxygens (including phenoxy) is 1. The third-order valence-corrected chi connectivity index (χ3v) is 2.26. The molecule has 1 aromatic rings. The standard InChI is InChI=1S/C12H15NO4/c1-8(14)11(13)6-9-2-4-10(5-3-9)17-7-12(15)16/h2-5,11H,6-7,13H2,1H3,(H,15,16)/t11-/m0/s1. The second-order valence-electron chi connectivity index (χ2n) is 3.75. The van der Waals surface area contributed by atoms with Gasteiger partial charge in [0.15, 0.2) is 6.61 Å². The summed E-state index contributed by atoms with van der Waals surface area (Å²) >= 11 is 0. The van der Waals surface area contributed by atoms with Crippen molar-refractivity contribution in [1.82, 2.24) is 0 Å². The van der Waals surface area contributed by atoms with Crippen molar-refractivity contribution in [3.63, 3.8) is 0 Å². The van der Waals surface area contributed by atoms with Crippen molar-refractivity contribution in [3.8, 4) is 5.75 Å². The summed E-state index contributed by atoms with van der Waals surface area (Å²) < 4.78 is 4.98. The average Bonchev–Trinajstić information content (AvgIpc) is 2.28. The van der Waals surface area contributed by atoms with E-state index in [1.54, 1.807) is 24.3 Å². The Kier molecular flexibility index (Phi) is 4.66. The molecule has 0 radical (unpaired) electrons. The van der Waals surface area contributed by atoms with Gasteiger partial charge in [-0.1, -0.05) is 12.1 Å². The summed E-state index contributed by atoms with van der Waals surface area (Å²) in [5.74, 6) is -0.601. The first kappa shape index (κ1) is 13.2. The van der Waals surface area contributed by atoms with Gasteiger partial charge in [-0.2, -0.15) is 0 Å². The summed E-state index contributed by atoms with van der Waals surface area (Å²) in [4.78, 5) is 21.3. The van der Waals surface area contributed by atoms with Gasteiger partial charge < -0.3 is 15.6 Å². The van der Waals surface area contributed by atoms with Crippen LogP contribution in [0.2, 0.25) is 0 Å². The number of carbonyl (C=O) groups is 2. The third-order valence-electron chi connectivity index (χ3n) is 2.26. The highest BCUT2D eigenvalue weighted by molar-refractivity contribution is 5.81. The van der Waals surface area contributed by atoms with Crippen LogP contribution in [-0.4, -0.2) is 29.5 Å². The predicted molar refractivity (Wildman–Crippen MR) is 61.9 cm³/mol. The summed E-state index contributed by atoms with van der Waals surface area (Å²) in [6.07, 6.45) is 0.467. The Labute approximate surface area is 99.2 Å². The number of hydrogen-bond donors (Lipinski definition) is 2. The molecule has 0 unspecified atom stereocenters. The number of carbonyl (C=O) groups excluding carboxylic acids is 1. The fourth-order valence-corrected chi connectivity index (χ4v) is 1.26. The Morgan fingerprint density at radius 1 is 1.35 bits per heavy atom. The molecule has 0 aliphatic rings. The summed E-state index contributed by atoms with van der Waals surface area (Å²) in [7, 11) is 0. The molecule has 0 aromatic heterocycles. The van der Waals surface area contributed by atoms with Crippen LogP contribution >= 0.6 is 0 Å². The summed E-state index contributed by atoms with van der Waals surface area (Å²) in [6.45, 7) is 1.08. The van der Waals surface area contributed by atoms with E-state index in [0.717, 1.165) is 5.56 Å². The molecule has 92 valence electrons. The topological polar surface area (TPSA) is 89.6 Å². The lowest BCUT2D eigenvalue weighted by atomic mass is 10.0. The number of carboxylic acids is 1. The van der Waals surface area contributed by atoms with Crippen LogP contribution in [0.4, 0.5) is 0 Å². The molecule has 0 aliphatic carbocycles. The molecule has 17 heavy (non-hydrogen) atoms. The van der Waals surface area contributed by atoms with Crippen LogP contribution in [0, 0.1) is 0 Å². The van der Waals surface area contributed by atoms with Gasteiger partial charge in [0.1, 0.15) is 11.5 Å². The van der Waals surface area contributed by atoms with E-state index >= 15 is 0 Å². The zero-order chi connectivity index (χ0) is 12.8.